The lowest BCUT2D eigenvalue weighted by Crippen LogP contribution is -2.27. The van der Waals surface area contributed by atoms with Gasteiger partial charge in [0.1, 0.15) is 5.60 Å². The van der Waals surface area contributed by atoms with Crippen molar-refractivity contribution in [3.8, 4) is 11.3 Å². The summed E-state index contributed by atoms with van der Waals surface area (Å²) in [7, 11) is 0. The molecule has 1 aromatic carbocycles. The standard InChI is InChI=1S/C22H26N4O4/c1-6-16-12-18(20(27)29-7-2)24-19-13-17(25-26(16)19)14-8-10-15(11-9-14)23-21(28)30-22(3,4)5/h8-13H,6-7H2,1-5H3,(H,23,28). The number of hydrogen-bond acceptors (Lipinski definition) is 6. The minimum absolute atomic E-state index is 0.268. The van der Waals surface area contributed by atoms with Gasteiger partial charge >= 0.3 is 12.1 Å². The molecule has 0 spiro atoms. The van der Waals surface area contributed by atoms with E-state index in [4.69, 9.17) is 9.47 Å². The number of hydrogen-bond donors (Lipinski definition) is 1. The van der Waals surface area contributed by atoms with Gasteiger partial charge in [-0.05, 0) is 52.3 Å². The van der Waals surface area contributed by atoms with Crippen molar-refractivity contribution in [2.24, 2.45) is 0 Å². The number of nitrogens with zero attached hydrogens (tertiary/aromatic N) is 3. The third-order valence-corrected chi connectivity index (χ3v) is 4.17. The summed E-state index contributed by atoms with van der Waals surface area (Å²) in [6, 6.07) is 10.8. The number of esters is 1. The molecule has 0 fully saturated rings. The number of aromatic nitrogens is 3. The van der Waals surface area contributed by atoms with Crippen LogP contribution in [0.5, 0.6) is 0 Å². The number of ether oxygens (including phenoxy) is 2. The van der Waals surface area contributed by atoms with Gasteiger partial charge in [0.25, 0.3) is 0 Å². The van der Waals surface area contributed by atoms with E-state index in [0.717, 1.165) is 11.3 Å². The quantitative estimate of drug-likeness (QED) is 0.623. The molecule has 0 unspecified atom stereocenters. The fraction of sp³-hybridized carbons (Fsp3) is 0.364. The molecule has 158 valence electrons. The first-order valence-corrected chi connectivity index (χ1v) is 9.87. The summed E-state index contributed by atoms with van der Waals surface area (Å²) >= 11 is 0. The van der Waals surface area contributed by atoms with Gasteiger partial charge in [0.15, 0.2) is 11.3 Å². The summed E-state index contributed by atoms with van der Waals surface area (Å²) in [4.78, 5) is 28.4. The summed E-state index contributed by atoms with van der Waals surface area (Å²) in [5.74, 6) is -0.449. The van der Waals surface area contributed by atoms with E-state index in [1.54, 1.807) is 29.6 Å². The van der Waals surface area contributed by atoms with Gasteiger partial charge in [-0.3, -0.25) is 5.32 Å². The normalized spacial score (nSPS) is 11.4. The van der Waals surface area contributed by atoms with Crippen molar-refractivity contribution in [1.82, 2.24) is 14.6 Å². The zero-order valence-electron chi connectivity index (χ0n) is 17.9. The van der Waals surface area contributed by atoms with Gasteiger partial charge in [-0.15, -0.1) is 0 Å². The molecule has 0 aliphatic carbocycles. The maximum absolute atomic E-state index is 12.1. The summed E-state index contributed by atoms with van der Waals surface area (Å²) in [6.07, 6.45) is 0.178. The Morgan fingerprint density at radius 1 is 1.10 bits per heavy atom. The molecule has 3 aromatic rings. The molecule has 0 aliphatic heterocycles. The first-order chi connectivity index (χ1) is 14.2. The van der Waals surface area contributed by atoms with Crippen molar-refractivity contribution in [2.45, 2.75) is 46.6 Å². The van der Waals surface area contributed by atoms with E-state index in [-0.39, 0.29) is 5.69 Å². The Morgan fingerprint density at radius 2 is 1.80 bits per heavy atom. The highest BCUT2D eigenvalue weighted by atomic mass is 16.6. The summed E-state index contributed by atoms with van der Waals surface area (Å²) < 4.78 is 12.1. The van der Waals surface area contributed by atoms with E-state index in [2.05, 4.69) is 15.4 Å². The van der Waals surface area contributed by atoms with Crippen LogP contribution < -0.4 is 5.32 Å². The molecule has 1 N–H and O–H groups in total. The fourth-order valence-electron chi connectivity index (χ4n) is 2.89. The zero-order valence-corrected chi connectivity index (χ0v) is 17.9. The van der Waals surface area contributed by atoms with Crippen LogP contribution in [0.4, 0.5) is 10.5 Å². The molecule has 30 heavy (non-hydrogen) atoms. The van der Waals surface area contributed by atoms with Crippen LogP contribution in [0, 0.1) is 0 Å². The molecule has 8 heteroatoms. The van der Waals surface area contributed by atoms with Crippen molar-refractivity contribution in [2.75, 3.05) is 11.9 Å². The lowest BCUT2D eigenvalue weighted by Gasteiger charge is -2.19. The smallest absolute Gasteiger partial charge is 0.412 e. The number of carbonyl (C=O) groups excluding carboxylic acids is 2. The Balaban J connectivity index is 1.86. The first-order valence-electron chi connectivity index (χ1n) is 9.87. The zero-order chi connectivity index (χ0) is 21.9. The monoisotopic (exact) mass is 410 g/mol. The fourth-order valence-corrected chi connectivity index (χ4v) is 2.89. The van der Waals surface area contributed by atoms with Crippen LogP contribution in [-0.4, -0.2) is 38.9 Å². The third kappa shape index (κ3) is 4.94. The molecule has 3 rings (SSSR count). The molecule has 1 amide bonds. The van der Waals surface area contributed by atoms with E-state index in [1.807, 2.05) is 45.9 Å². The van der Waals surface area contributed by atoms with Crippen LogP contribution in [0.25, 0.3) is 16.9 Å². The molecular weight excluding hydrogens is 384 g/mol. The predicted molar refractivity (Wildman–Crippen MR) is 114 cm³/mol. The Morgan fingerprint density at radius 3 is 2.40 bits per heavy atom. The molecule has 8 nitrogen and oxygen atoms in total. The number of anilines is 1. The number of rotatable bonds is 5. The van der Waals surface area contributed by atoms with E-state index in [1.165, 1.54) is 0 Å². The van der Waals surface area contributed by atoms with E-state index < -0.39 is 17.7 Å². The maximum atomic E-state index is 12.1. The van der Waals surface area contributed by atoms with Gasteiger partial charge in [0, 0.05) is 23.0 Å². The molecular formula is C22H26N4O4. The van der Waals surface area contributed by atoms with Gasteiger partial charge in [0.2, 0.25) is 0 Å². The number of nitrogens with one attached hydrogen (secondary N) is 1. The van der Waals surface area contributed by atoms with E-state index in [9.17, 15) is 9.59 Å². The Hall–Kier alpha value is -3.42. The lowest BCUT2D eigenvalue weighted by molar-refractivity contribution is 0.0518. The highest BCUT2D eigenvalue weighted by molar-refractivity contribution is 5.88. The molecule has 0 atom stereocenters. The van der Waals surface area contributed by atoms with Crippen molar-refractivity contribution in [3.05, 3.63) is 47.8 Å². The number of benzene rings is 1. The van der Waals surface area contributed by atoms with Crippen molar-refractivity contribution >= 4 is 23.4 Å². The minimum atomic E-state index is -0.563. The number of aryl methyl sites for hydroxylation is 1. The number of fused-ring (bicyclic) bond motifs is 1. The number of amides is 1. The van der Waals surface area contributed by atoms with Crippen molar-refractivity contribution < 1.29 is 19.1 Å². The van der Waals surface area contributed by atoms with Crippen LogP contribution in [0.15, 0.2) is 36.4 Å². The van der Waals surface area contributed by atoms with Crippen LogP contribution in [0.1, 0.15) is 50.8 Å². The maximum Gasteiger partial charge on any atom is 0.412 e. The molecule has 2 heterocycles. The minimum Gasteiger partial charge on any atom is -0.461 e. The number of carbonyl (C=O) groups is 2. The van der Waals surface area contributed by atoms with Crippen LogP contribution in [0.3, 0.4) is 0 Å². The largest absolute Gasteiger partial charge is 0.461 e. The van der Waals surface area contributed by atoms with Gasteiger partial charge in [-0.2, -0.15) is 5.10 Å². The van der Waals surface area contributed by atoms with Crippen molar-refractivity contribution in [1.29, 1.82) is 0 Å². The molecule has 0 saturated carbocycles. The van der Waals surface area contributed by atoms with Gasteiger partial charge < -0.3 is 9.47 Å². The topological polar surface area (TPSA) is 94.8 Å². The average Bonchev–Trinajstić information content (AvgIpc) is 3.10. The Bertz CT molecular complexity index is 1070. The molecule has 0 bridgehead atoms. The Labute approximate surface area is 175 Å². The highest BCUT2D eigenvalue weighted by Gasteiger charge is 2.17. The summed E-state index contributed by atoms with van der Waals surface area (Å²) in [5.41, 5.74) is 3.32. The summed E-state index contributed by atoms with van der Waals surface area (Å²) in [6.45, 7) is 9.47. The average molecular weight is 410 g/mol. The van der Waals surface area contributed by atoms with Crippen LogP contribution >= 0.6 is 0 Å². The second-order valence-corrected chi connectivity index (χ2v) is 7.71. The van der Waals surface area contributed by atoms with E-state index in [0.29, 0.717) is 30.1 Å². The van der Waals surface area contributed by atoms with E-state index >= 15 is 0 Å². The molecule has 2 aromatic heterocycles. The van der Waals surface area contributed by atoms with Gasteiger partial charge in [-0.25, -0.2) is 19.1 Å². The van der Waals surface area contributed by atoms with Gasteiger partial charge in [-0.1, -0.05) is 19.1 Å². The second-order valence-electron chi connectivity index (χ2n) is 7.71. The van der Waals surface area contributed by atoms with Crippen molar-refractivity contribution in [3.63, 3.8) is 0 Å². The predicted octanol–water partition coefficient (Wildman–Crippen LogP) is 4.48. The van der Waals surface area contributed by atoms with Gasteiger partial charge in [0.05, 0.1) is 12.3 Å². The van der Waals surface area contributed by atoms with Crippen LogP contribution in [-0.2, 0) is 15.9 Å². The molecule has 0 aliphatic rings. The van der Waals surface area contributed by atoms with Crippen LogP contribution in [0.2, 0.25) is 0 Å². The third-order valence-electron chi connectivity index (χ3n) is 4.17. The molecule has 0 saturated heterocycles. The Kier molecular flexibility index (Phi) is 6.05. The first kappa shape index (κ1) is 21.3. The highest BCUT2D eigenvalue weighted by Crippen LogP contribution is 2.23. The SMILES string of the molecule is CCOC(=O)c1cc(CC)n2nc(-c3ccc(NC(=O)OC(C)(C)C)cc3)cc2n1. The lowest BCUT2D eigenvalue weighted by atomic mass is 10.1. The summed E-state index contributed by atoms with van der Waals surface area (Å²) in [5, 5.41) is 7.33. The molecule has 0 radical (unpaired) electrons. The second kappa shape index (κ2) is 8.52.